The highest BCUT2D eigenvalue weighted by Crippen LogP contribution is 2.26. The van der Waals surface area contributed by atoms with E-state index in [4.69, 9.17) is 9.72 Å². The van der Waals surface area contributed by atoms with Crippen molar-refractivity contribution in [2.45, 2.75) is 32.9 Å². The molecule has 1 aromatic heterocycles. The van der Waals surface area contributed by atoms with E-state index in [2.05, 4.69) is 16.3 Å². The summed E-state index contributed by atoms with van der Waals surface area (Å²) in [4.78, 5) is 20.0. The van der Waals surface area contributed by atoms with Crippen LogP contribution < -0.4 is 10.1 Å². The Morgan fingerprint density at radius 1 is 1.06 bits per heavy atom. The largest absolute Gasteiger partial charge is 0.489 e. The van der Waals surface area contributed by atoms with E-state index >= 15 is 0 Å². The summed E-state index contributed by atoms with van der Waals surface area (Å²) in [6.07, 6.45) is 4.48. The predicted octanol–water partition coefficient (Wildman–Crippen LogP) is 6.11. The molecule has 0 saturated carbocycles. The number of nitrogens with one attached hydrogen (secondary N) is 1. The monoisotopic (exact) mass is 469 g/mol. The molecule has 1 fully saturated rings. The number of aromatic nitrogens is 1. The van der Waals surface area contributed by atoms with Gasteiger partial charge in [-0.1, -0.05) is 24.3 Å². The molecule has 0 unspecified atom stereocenters. The third kappa shape index (κ3) is 5.33. The van der Waals surface area contributed by atoms with Gasteiger partial charge in [0.05, 0.1) is 5.52 Å². The Kier molecular flexibility index (Phi) is 6.73. The van der Waals surface area contributed by atoms with Crippen LogP contribution in [0.5, 0.6) is 5.75 Å². The van der Waals surface area contributed by atoms with Crippen LogP contribution in [0.15, 0.2) is 72.9 Å². The van der Waals surface area contributed by atoms with E-state index < -0.39 is 0 Å². The Balaban J connectivity index is 1.24. The first kappa shape index (κ1) is 23.0. The molecule has 5 rings (SSSR count). The Bertz CT molecular complexity index is 1350. The third-order valence-electron chi connectivity index (χ3n) is 6.48. The molecule has 0 radical (unpaired) electrons. The molecule has 0 spiro atoms. The van der Waals surface area contributed by atoms with Gasteiger partial charge < -0.3 is 10.1 Å². The van der Waals surface area contributed by atoms with Gasteiger partial charge in [-0.25, -0.2) is 4.39 Å². The number of fused-ring (bicyclic) bond motifs is 1. The zero-order valence-electron chi connectivity index (χ0n) is 19.8. The van der Waals surface area contributed by atoms with Gasteiger partial charge in [-0.3, -0.25) is 14.7 Å². The quantitative estimate of drug-likeness (QED) is 0.355. The van der Waals surface area contributed by atoms with Gasteiger partial charge >= 0.3 is 0 Å². The van der Waals surface area contributed by atoms with Crippen molar-refractivity contribution >= 4 is 22.5 Å². The number of carbonyl (C=O) groups is 1. The second-order valence-electron chi connectivity index (χ2n) is 9.00. The molecule has 178 valence electrons. The van der Waals surface area contributed by atoms with E-state index in [1.165, 1.54) is 24.5 Å². The highest BCUT2D eigenvalue weighted by molar-refractivity contribution is 6.06. The second-order valence-corrected chi connectivity index (χ2v) is 9.00. The number of aryl methyl sites for hydroxylation is 1. The summed E-state index contributed by atoms with van der Waals surface area (Å²) in [5.74, 6) is 0.0611. The molecule has 0 aliphatic carbocycles. The summed E-state index contributed by atoms with van der Waals surface area (Å²) in [5, 5.41) is 4.08. The van der Waals surface area contributed by atoms with Crippen LogP contribution in [-0.4, -0.2) is 28.9 Å². The van der Waals surface area contributed by atoms with Crippen molar-refractivity contribution in [3.05, 3.63) is 101 Å². The summed E-state index contributed by atoms with van der Waals surface area (Å²) in [6, 6.07) is 19.5. The first-order chi connectivity index (χ1) is 17.1. The van der Waals surface area contributed by atoms with Gasteiger partial charge in [0.2, 0.25) is 0 Å². The molecule has 1 N–H and O–H groups in total. The molecular weight excluding hydrogens is 441 g/mol. The van der Waals surface area contributed by atoms with Gasteiger partial charge in [0.15, 0.2) is 0 Å². The number of rotatable bonds is 7. The van der Waals surface area contributed by atoms with Crippen molar-refractivity contribution < 1.29 is 13.9 Å². The topological polar surface area (TPSA) is 54.5 Å². The zero-order chi connectivity index (χ0) is 24.2. The fraction of sp³-hybridized carbons (Fsp3) is 0.241. The van der Waals surface area contributed by atoms with Crippen molar-refractivity contribution in [1.82, 2.24) is 9.88 Å². The number of benzene rings is 3. The molecular formula is C29H28FN3O2. The lowest BCUT2D eigenvalue weighted by Gasteiger charge is -2.15. The van der Waals surface area contributed by atoms with E-state index in [-0.39, 0.29) is 18.3 Å². The standard InChI is InChI=1S/C29H28FN3O2/c1-20-27(13-10-23-16-21(17-31-28(20)23)18-33-14-4-5-15-33)32-29(34)22-8-11-25(12-9-22)35-19-24-6-2-3-7-26(24)30/h2-3,6-13,16-17H,4-5,14-15,18-19H2,1H3,(H,32,34). The lowest BCUT2D eigenvalue weighted by Crippen LogP contribution is -2.18. The number of anilines is 1. The molecule has 1 aliphatic rings. The van der Waals surface area contributed by atoms with Crippen LogP contribution in [0.2, 0.25) is 0 Å². The minimum absolute atomic E-state index is 0.126. The summed E-state index contributed by atoms with van der Waals surface area (Å²) >= 11 is 0. The van der Waals surface area contributed by atoms with Crippen molar-refractivity contribution in [1.29, 1.82) is 0 Å². The average Bonchev–Trinajstić information content (AvgIpc) is 3.38. The van der Waals surface area contributed by atoms with Crippen LogP contribution in [0.4, 0.5) is 10.1 Å². The van der Waals surface area contributed by atoms with Gasteiger partial charge in [-0.2, -0.15) is 0 Å². The van der Waals surface area contributed by atoms with Crippen LogP contribution in [0.1, 0.15) is 39.9 Å². The summed E-state index contributed by atoms with van der Waals surface area (Å²) < 4.78 is 19.4. The van der Waals surface area contributed by atoms with Crippen LogP contribution in [0.3, 0.4) is 0 Å². The Hall–Kier alpha value is -3.77. The van der Waals surface area contributed by atoms with Gasteiger partial charge in [0, 0.05) is 34.9 Å². The molecule has 35 heavy (non-hydrogen) atoms. The molecule has 0 bridgehead atoms. The number of nitrogens with zero attached hydrogens (tertiary/aromatic N) is 2. The fourth-order valence-electron chi connectivity index (χ4n) is 4.49. The molecule has 1 saturated heterocycles. The van der Waals surface area contributed by atoms with Crippen LogP contribution in [0.25, 0.3) is 10.9 Å². The Morgan fingerprint density at radius 3 is 2.60 bits per heavy atom. The Morgan fingerprint density at radius 2 is 1.83 bits per heavy atom. The SMILES string of the molecule is Cc1c(NC(=O)c2ccc(OCc3ccccc3F)cc2)ccc2cc(CN3CCCC3)cnc12. The minimum Gasteiger partial charge on any atom is -0.489 e. The lowest BCUT2D eigenvalue weighted by atomic mass is 10.1. The number of amides is 1. The molecule has 3 aromatic carbocycles. The van der Waals surface area contributed by atoms with Gasteiger partial charge in [0.1, 0.15) is 18.2 Å². The molecule has 5 nitrogen and oxygen atoms in total. The van der Waals surface area contributed by atoms with Crippen LogP contribution in [-0.2, 0) is 13.2 Å². The number of ether oxygens (including phenoxy) is 1. The highest BCUT2D eigenvalue weighted by Gasteiger charge is 2.14. The van der Waals surface area contributed by atoms with E-state index in [0.29, 0.717) is 16.9 Å². The Labute approximate surface area is 204 Å². The van der Waals surface area contributed by atoms with Crippen molar-refractivity contribution in [3.63, 3.8) is 0 Å². The summed E-state index contributed by atoms with van der Waals surface area (Å²) in [6.45, 7) is 5.34. The molecule has 1 aliphatic heterocycles. The summed E-state index contributed by atoms with van der Waals surface area (Å²) in [5.41, 5.74) is 4.78. The van der Waals surface area contributed by atoms with Crippen LogP contribution >= 0.6 is 0 Å². The average molecular weight is 470 g/mol. The van der Waals surface area contributed by atoms with Crippen molar-refractivity contribution in [3.8, 4) is 5.75 Å². The maximum Gasteiger partial charge on any atom is 0.255 e. The van der Waals surface area contributed by atoms with E-state index in [1.54, 1.807) is 42.5 Å². The van der Waals surface area contributed by atoms with E-state index in [1.807, 2.05) is 25.3 Å². The lowest BCUT2D eigenvalue weighted by molar-refractivity contribution is 0.102. The molecule has 2 heterocycles. The van der Waals surface area contributed by atoms with Crippen LogP contribution in [0, 0.1) is 12.7 Å². The first-order valence-electron chi connectivity index (χ1n) is 11.9. The minimum atomic E-state index is -0.299. The van der Waals surface area contributed by atoms with E-state index in [9.17, 15) is 9.18 Å². The number of hydrogen-bond donors (Lipinski definition) is 1. The first-order valence-corrected chi connectivity index (χ1v) is 11.9. The number of hydrogen-bond acceptors (Lipinski definition) is 4. The second kappa shape index (κ2) is 10.2. The maximum atomic E-state index is 13.8. The zero-order valence-corrected chi connectivity index (χ0v) is 19.8. The normalized spacial score (nSPS) is 13.8. The third-order valence-corrected chi connectivity index (χ3v) is 6.48. The summed E-state index contributed by atoms with van der Waals surface area (Å²) in [7, 11) is 0. The smallest absolute Gasteiger partial charge is 0.255 e. The number of halogens is 1. The molecule has 0 atom stereocenters. The number of carbonyl (C=O) groups excluding carboxylic acids is 1. The predicted molar refractivity (Wildman–Crippen MR) is 136 cm³/mol. The molecule has 6 heteroatoms. The molecule has 1 amide bonds. The van der Waals surface area contributed by atoms with E-state index in [0.717, 1.165) is 41.8 Å². The number of likely N-dealkylation sites (tertiary alicyclic amines) is 1. The van der Waals surface area contributed by atoms with Crippen molar-refractivity contribution in [2.24, 2.45) is 0 Å². The van der Waals surface area contributed by atoms with Gasteiger partial charge in [-0.15, -0.1) is 0 Å². The number of pyridine rings is 1. The van der Waals surface area contributed by atoms with Gasteiger partial charge in [0.25, 0.3) is 5.91 Å². The van der Waals surface area contributed by atoms with Crippen molar-refractivity contribution in [2.75, 3.05) is 18.4 Å². The highest BCUT2D eigenvalue weighted by atomic mass is 19.1. The maximum absolute atomic E-state index is 13.8. The molecule has 4 aromatic rings. The van der Waals surface area contributed by atoms with Gasteiger partial charge in [-0.05, 0) is 86.4 Å². The fourth-order valence-corrected chi connectivity index (χ4v) is 4.49.